The van der Waals surface area contributed by atoms with E-state index in [4.69, 9.17) is 4.74 Å². The normalized spacial score (nSPS) is 10.3. The van der Waals surface area contributed by atoms with Crippen molar-refractivity contribution in [3.05, 3.63) is 88.1 Å². The predicted octanol–water partition coefficient (Wildman–Crippen LogP) is 3.16. The Labute approximate surface area is 150 Å². The molecule has 1 aromatic carbocycles. The fourth-order valence-corrected chi connectivity index (χ4v) is 2.43. The van der Waals surface area contributed by atoms with Gasteiger partial charge in [-0.25, -0.2) is 0 Å². The lowest BCUT2D eigenvalue weighted by molar-refractivity contribution is 0.102. The molecule has 3 rings (SSSR count). The van der Waals surface area contributed by atoms with Crippen LogP contribution in [0.15, 0.2) is 65.6 Å². The Morgan fingerprint density at radius 2 is 2.04 bits per heavy atom. The zero-order valence-electron chi connectivity index (χ0n) is 14.4. The number of aromatic amines is 1. The smallest absolute Gasteiger partial charge is 0.255 e. The van der Waals surface area contributed by atoms with Crippen molar-refractivity contribution in [3.8, 4) is 5.75 Å². The van der Waals surface area contributed by atoms with E-state index in [1.165, 1.54) is 6.07 Å². The summed E-state index contributed by atoms with van der Waals surface area (Å²) in [5.41, 5.74) is 2.16. The zero-order chi connectivity index (χ0) is 18.4. The van der Waals surface area contributed by atoms with Crippen molar-refractivity contribution in [2.24, 2.45) is 0 Å². The molecule has 0 unspecified atom stereocenters. The largest absolute Gasteiger partial charge is 0.487 e. The van der Waals surface area contributed by atoms with Gasteiger partial charge in [-0.1, -0.05) is 19.1 Å². The van der Waals surface area contributed by atoms with Gasteiger partial charge < -0.3 is 15.0 Å². The molecule has 3 aromatic rings. The second-order valence-corrected chi connectivity index (χ2v) is 5.70. The number of pyridine rings is 2. The van der Waals surface area contributed by atoms with Crippen LogP contribution in [0.25, 0.3) is 0 Å². The van der Waals surface area contributed by atoms with Crippen LogP contribution in [-0.2, 0) is 13.0 Å². The lowest BCUT2D eigenvalue weighted by Crippen LogP contribution is -2.17. The maximum Gasteiger partial charge on any atom is 0.255 e. The van der Waals surface area contributed by atoms with Crippen LogP contribution in [-0.4, -0.2) is 15.9 Å². The maximum absolute atomic E-state index is 12.4. The summed E-state index contributed by atoms with van der Waals surface area (Å²) in [6.07, 6.45) is 2.36. The number of aromatic nitrogens is 2. The monoisotopic (exact) mass is 349 g/mol. The Bertz CT molecular complexity index is 952. The summed E-state index contributed by atoms with van der Waals surface area (Å²) in [5.74, 6) is 0.279. The molecule has 6 nitrogen and oxygen atoms in total. The first-order chi connectivity index (χ1) is 12.6. The van der Waals surface area contributed by atoms with Gasteiger partial charge in [0.15, 0.2) is 0 Å². The van der Waals surface area contributed by atoms with Crippen molar-refractivity contribution in [2.45, 2.75) is 20.0 Å². The molecular weight excluding hydrogens is 330 g/mol. The number of carbonyl (C=O) groups excluding carboxylic acids is 1. The van der Waals surface area contributed by atoms with E-state index in [2.05, 4.69) is 15.3 Å². The first-order valence-corrected chi connectivity index (χ1v) is 8.31. The second kappa shape index (κ2) is 8.11. The molecule has 0 aliphatic rings. The second-order valence-electron chi connectivity index (χ2n) is 5.70. The summed E-state index contributed by atoms with van der Waals surface area (Å²) in [5, 5.41) is 2.79. The maximum atomic E-state index is 12.4. The molecule has 2 heterocycles. The highest BCUT2D eigenvalue weighted by Crippen LogP contribution is 2.19. The molecule has 0 bridgehead atoms. The standard InChI is InChI=1S/C20H19N3O3/c1-2-15-10-14(11-19(24)22-15)20(25)23-16-7-5-8-18(12-16)26-13-17-6-3-4-9-21-17/h3-12H,2,13H2,1H3,(H,22,24)(H,23,25). The van der Waals surface area contributed by atoms with E-state index in [0.717, 1.165) is 11.4 Å². The molecule has 2 N–H and O–H groups in total. The third kappa shape index (κ3) is 4.57. The van der Waals surface area contributed by atoms with E-state index in [0.29, 0.717) is 30.0 Å². The van der Waals surface area contributed by atoms with Crippen LogP contribution < -0.4 is 15.6 Å². The van der Waals surface area contributed by atoms with Crippen LogP contribution in [0.2, 0.25) is 0 Å². The Morgan fingerprint density at radius 1 is 1.15 bits per heavy atom. The molecule has 0 fully saturated rings. The van der Waals surface area contributed by atoms with Gasteiger partial charge in [0, 0.05) is 35.3 Å². The van der Waals surface area contributed by atoms with Crippen LogP contribution in [0.1, 0.15) is 28.7 Å². The van der Waals surface area contributed by atoms with Gasteiger partial charge in [0.25, 0.3) is 5.91 Å². The van der Waals surface area contributed by atoms with E-state index in [-0.39, 0.29) is 11.5 Å². The molecule has 6 heteroatoms. The molecular formula is C20H19N3O3. The van der Waals surface area contributed by atoms with Gasteiger partial charge in [0.05, 0.1) is 5.69 Å². The number of nitrogens with one attached hydrogen (secondary N) is 2. The summed E-state index contributed by atoms with van der Waals surface area (Å²) < 4.78 is 5.71. The first kappa shape index (κ1) is 17.4. The number of benzene rings is 1. The Kier molecular flexibility index (Phi) is 5.43. The van der Waals surface area contributed by atoms with Crippen molar-refractivity contribution in [2.75, 3.05) is 5.32 Å². The van der Waals surface area contributed by atoms with Crippen molar-refractivity contribution < 1.29 is 9.53 Å². The molecule has 26 heavy (non-hydrogen) atoms. The average molecular weight is 349 g/mol. The number of carbonyl (C=O) groups is 1. The van der Waals surface area contributed by atoms with Crippen molar-refractivity contribution in [1.29, 1.82) is 0 Å². The summed E-state index contributed by atoms with van der Waals surface area (Å²) in [4.78, 5) is 30.9. The number of hydrogen-bond donors (Lipinski definition) is 2. The minimum atomic E-state index is -0.340. The van der Waals surface area contributed by atoms with E-state index in [1.807, 2.05) is 25.1 Å². The van der Waals surface area contributed by atoms with Crippen molar-refractivity contribution in [1.82, 2.24) is 9.97 Å². The minimum absolute atomic E-state index is 0.290. The van der Waals surface area contributed by atoms with Gasteiger partial charge in [0.1, 0.15) is 12.4 Å². The highest BCUT2D eigenvalue weighted by atomic mass is 16.5. The number of anilines is 1. The van der Waals surface area contributed by atoms with Gasteiger partial charge in [-0.3, -0.25) is 14.6 Å². The molecule has 0 spiro atoms. The number of aryl methyl sites for hydroxylation is 1. The van der Waals surface area contributed by atoms with Gasteiger partial charge in [-0.2, -0.15) is 0 Å². The summed E-state index contributed by atoms with van der Waals surface area (Å²) in [6, 6.07) is 15.7. The van der Waals surface area contributed by atoms with Crippen molar-refractivity contribution in [3.63, 3.8) is 0 Å². The van der Waals surface area contributed by atoms with Gasteiger partial charge in [0.2, 0.25) is 5.56 Å². The molecule has 0 radical (unpaired) electrons. The van der Waals surface area contributed by atoms with Gasteiger partial charge in [-0.15, -0.1) is 0 Å². The third-order valence-electron chi connectivity index (χ3n) is 3.75. The molecule has 0 aliphatic heterocycles. The van der Waals surface area contributed by atoms with E-state index >= 15 is 0 Å². The molecule has 132 valence electrons. The predicted molar refractivity (Wildman–Crippen MR) is 99.4 cm³/mol. The van der Waals surface area contributed by atoms with Crippen molar-refractivity contribution >= 4 is 11.6 Å². The summed E-state index contributed by atoms with van der Waals surface area (Å²) in [6.45, 7) is 2.25. The number of amides is 1. The Morgan fingerprint density at radius 3 is 2.81 bits per heavy atom. The van der Waals surface area contributed by atoms with Gasteiger partial charge in [-0.05, 0) is 36.8 Å². The fraction of sp³-hybridized carbons (Fsp3) is 0.150. The average Bonchev–Trinajstić information content (AvgIpc) is 2.67. The SMILES string of the molecule is CCc1cc(C(=O)Nc2cccc(OCc3ccccn3)c2)cc(=O)[nH]1. The molecule has 1 amide bonds. The number of rotatable bonds is 6. The number of hydrogen-bond acceptors (Lipinski definition) is 4. The summed E-state index contributed by atoms with van der Waals surface area (Å²) in [7, 11) is 0. The van der Waals surface area contributed by atoms with E-state index < -0.39 is 0 Å². The lowest BCUT2D eigenvalue weighted by atomic mass is 10.2. The number of H-pyrrole nitrogens is 1. The van der Waals surface area contributed by atoms with Crippen LogP contribution in [0.5, 0.6) is 5.75 Å². The lowest BCUT2D eigenvalue weighted by Gasteiger charge is -2.09. The highest BCUT2D eigenvalue weighted by molar-refractivity contribution is 6.04. The first-order valence-electron chi connectivity index (χ1n) is 8.31. The minimum Gasteiger partial charge on any atom is -0.487 e. The molecule has 0 aliphatic carbocycles. The molecule has 0 saturated carbocycles. The number of nitrogens with zero attached hydrogens (tertiary/aromatic N) is 1. The van der Waals surface area contributed by atoms with Crippen LogP contribution >= 0.6 is 0 Å². The number of ether oxygens (including phenoxy) is 1. The Balaban J connectivity index is 1.69. The van der Waals surface area contributed by atoms with E-state index in [9.17, 15) is 9.59 Å². The molecule has 0 atom stereocenters. The third-order valence-corrected chi connectivity index (χ3v) is 3.75. The molecule has 0 saturated heterocycles. The van der Waals surface area contributed by atoms with Crippen LogP contribution in [0, 0.1) is 0 Å². The molecule has 2 aromatic heterocycles. The van der Waals surface area contributed by atoms with Gasteiger partial charge >= 0.3 is 0 Å². The van der Waals surface area contributed by atoms with E-state index in [1.54, 1.807) is 36.5 Å². The zero-order valence-corrected chi connectivity index (χ0v) is 14.4. The van der Waals surface area contributed by atoms with Crippen LogP contribution in [0.3, 0.4) is 0 Å². The topological polar surface area (TPSA) is 84.1 Å². The summed E-state index contributed by atoms with van der Waals surface area (Å²) >= 11 is 0. The quantitative estimate of drug-likeness (QED) is 0.716. The Hall–Kier alpha value is -3.41. The van der Waals surface area contributed by atoms with Crippen LogP contribution in [0.4, 0.5) is 5.69 Å². The highest BCUT2D eigenvalue weighted by Gasteiger charge is 2.09. The fourth-order valence-electron chi connectivity index (χ4n) is 2.43.